The van der Waals surface area contributed by atoms with E-state index in [2.05, 4.69) is 83.0 Å². The van der Waals surface area contributed by atoms with Gasteiger partial charge in [0.2, 0.25) is 5.91 Å². The number of hydrogen-bond donors (Lipinski definition) is 2. The van der Waals surface area contributed by atoms with Crippen molar-refractivity contribution in [1.29, 1.82) is 0 Å². The number of alkyl halides is 2. The number of esters is 1. The lowest BCUT2D eigenvalue weighted by Crippen LogP contribution is -2.72. The average Bonchev–Trinajstić information content (AvgIpc) is 4.01. The summed E-state index contributed by atoms with van der Waals surface area (Å²) in [4.78, 5) is 58.1. The number of nitrogens with one attached hydrogen (secondary N) is 2. The van der Waals surface area contributed by atoms with Gasteiger partial charge in [0.05, 0.1) is 55.2 Å². The Morgan fingerprint density at radius 3 is 2.57 bits per heavy atom. The van der Waals surface area contributed by atoms with Crippen LogP contribution in [0.15, 0.2) is 35.8 Å². The molecule has 1 saturated carbocycles. The van der Waals surface area contributed by atoms with Gasteiger partial charge in [0.25, 0.3) is 12.3 Å². The van der Waals surface area contributed by atoms with Crippen LogP contribution in [0.25, 0.3) is 33.4 Å². The van der Waals surface area contributed by atoms with E-state index in [1.807, 2.05) is 31.5 Å². The van der Waals surface area contributed by atoms with Crippen molar-refractivity contribution in [2.45, 2.75) is 128 Å². The van der Waals surface area contributed by atoms with E-state index < -0.39 is 66.6 Å². The molecule has 4 aromatic rings. The zero-order valence-corrected chi connectivity index (χ0v) is 45.5. The van der Waals surface area contributed by atoms with E-state index in [9.17, 15) is 23.2 Å². The van der Waals surface area contributed by atoms with E-state index in [-0.39, 0.29) is 41.6 Å². The van der Waals surface area contributed by atoms with Crippen LogP contribution >= 0.6 is 11.3 Å². The Kier molecular flexibility index (Phi) is 16.6. The summed E-state index contributed by atoms with van der Waals surface area (Å²) in [6, 6.07) is 5.57. The molecule has 76 heavy (non-hydrogen) atoms. The monoisotopic (exact) mass is 1070 g/mol. The number of carbonyl (C=O) groups excluding carboxylic acids is 3. The van der Waals surface area contributed by atoms with Crippen molar-refractivity contribution < 1.29 is 51.6 Å². The molecular formula is C56H72F2N8O9S. The summed E-state index contributed by atoms with van der Waals surface area (Å²) in [5.41, 5.74) is 8.90. The van der Waals surface area contributed by atoms with Crippen LogP contribution in [0, 0.1) is 29.1 Å². The van der Waals surface area contributed by atoms with Gasteiger partial charge in [-0.3, -0.25) is 29.3 Å². The van der Waals surface area contributed by atoms with Crippen molar-refractivity contribution >= 4 is 40.0 Å². The van der Waals surface area contributed by atoms with Gasteiger partial charge in [0, 0.05) is 110 Å². The third-order valence-electron chi connectivity index (χ3n) is 16.1. The molecule has 5 saturated heterocycles. The van der Waals surface area contributed by atoms with Crippen LogP contribution < -0.4 is 10.7 Å². The fourth-order valence-corrected chi connectivity index (χ4v) is 12.3. The number of hydrogen-bond acceptors (Lipinski definition) is 15. The molecule has 3 aromatic heterocycles. The van der Waals surface area contributed by atoms with E-state index in [1.165, 1.54) is 5.01 Å². The molecule has 7 atom stereocenters. The third-order valence-corrected chi connectivity index (χ3v) is 17.0. The number of amides is 2. The highest BCUT2D eigenvalue weighted by Crippen LogP contribution is 2.44. The van der Waals surface area contributed by atoms with Crippen LogP contribution in [0.3, 0.4) is 0 Å². The maximum atomic E-state index is 14.9. The smallest absolute Gasteiger partial charge is 0.325 e. The lowest BCUT2D eigenvalue weighted by atomic mass is 9.73. The van der Waals surface area contributed by atoms with E-state index in [1.54, 1.807) is 7.11 Å². The number of pyridine rings is 1. The number of cyclic esters (lactones) is 1. The maximum Gasteiger partial charge on any atom is 0.325 e. The van der Waals surface area contributed by atoms with Gasteiger partial charge >= 0.3 is 5.97 Å². The summed E-state index contributed by atoms with van der Waals surface area (Å²) in [6.07, 6.45) is -0.617. The number of hydrazine groups is 1. The van der Waals surface area contributed by atoms with Crippen molar-refractivity contribution in [2.24, 2.45) is 17.3 Å². The quantitative estimate of drug-likeness (QED) is 0.115. The standard InChI is InChI=1S/C56H72F2N8O9S/c1-32-28-73-50(32)52(67)61-48-51(74-29-45(57)58)53-60-43(30-76-53)36-10-11-44-40(25-36)42(26-56(4,5)31-75-55(69)47-37-23-38(24-37)66(62-47)54(48)68)49(65(44)18-21-72-39-12-19-71-20-13-39)41-22-35(27-59-46(41)34(3)70-7)9-8-33(2)64-16-14-63(6)15-17-64/h10-11,22,25,27,30,32-34,37-39,45,47-48,50-51,62H,12-21,23-24,26,28-29,31H2,1-7H3,(H,61,67)/t32-,33+,34-,37?,38?,47-,48-,50-,51-/m0/s1. The molecule has 410 valence electrons. The highest BCUT2D eigenvalue weighted by atomic mass is 32.1. The Morgan fingerprint density at radius 2 is 1.86 bits per heavy atom. The second-order valence-corrected chi connectivity index (χ2v) is 23.2. The molecule has 2 amide bonds. The first-order chi connectivity index (χ1) is 36.5. The average molecular weight is 1070 g/mol. The number of piperazine rings is 1. The normalized spacial score (nSPS) is 27.2. The molecule has 0 spiro atoms. The highest BCUT2D eigenvalue weighted by molar-refractivity contribution is 7.10. The Labute approximate surface area is 447 Å². The van der Waals surface area contributed by atoms with Gasteiger partial charge in [-0.05, 0) is 82.7 Å². The second kappa shape index (κ2) is 23.2. The van der Waals surface area contributed by atoms with Crippen molar-refractivity contribution in [2.75, 3.05) is 80.0 Å². The number of thiazole rings is 1. The number of benzene rings is 1. The fourth-order valence-electron chi connectivity index (χ4n) is 11.4. The first-order valence-corrected chi connectivity index (χ1v) is 27.8. The van der Waals surface area contributed by atoms with Crippen LogP contribution in [-0.2, 0) is 55.8 Å². The number of nitrogens with zero attached hydrogens (tertiary/aromatic N) is 6. The molecule has 6 fully saturated rings. The van der Waals surface area contributed by atoms with Gasteiger partial charge in [-0.2, -0.15) is 0 Å². The summed E-state index contributed by atoms with van der Waals surface area (Å²) >= 11 is 1.15. The van der Waals surface area contributed by atoms with Crippen molar-refractivity contribution in [1.82, 2.24) is 40.1 Å². The highest BCUT2D eigenvalue weighted by Gasteiger charge is 2.53. The van der Waals surface area contributed by atoms with E-state index >= 15 is 0 Å². The Hall–Kier alpha value is -4.95. The molecule has 0 unspecified atom stereocenters. The SMILES string of the molecule is CO[C@@H](C)c1ncc(C#C[C@@H](C)N2CCN(C)CC2)cc1-c1c2c3cc(ccc3n1CCOC1CCOCC1)-c1csc(n1)[C@@H](OCC(F)F)[C@H](NC(=O)[C@H]1OC[C@@H]1C)C(=O)N1N[C@H](C(=O)OCC(C)(C)C2)C2CC1C2. The van der Waals surface area contributed by atoms with Crippen LogP contribution in [-0.4, -0.2) is 170 Å². The molecule has 11 rings (SSSR count). The van der Waals surface area contributed by atoms with Gasteiger partial charge in [-0.15, -0.1) is 11.3 Å². The number of ether oxygens (including phenoxy) is 6. The number of fused-ring (bicyclic) bond motifs is 4. The van der Waals surface area contributed by atoms with Crippen LogP contribution in [0.2, 0.25) is 0 Å². The Morgan fingerprint density at radius 1 is 1.08 bits per heavy atom. The molecular weight excluding hydrogens is 999 g/mol. The van der Waals surface area contributed by atoms with Gasteiger partial charge < -0.3 is 43.2 Å². The van der Waals surface area contributed by atoms with Gasteiger partial charge in [-0.1, -0.05) is 38.7 Å². The fraction of sp³-hybridized carbons (Fsp3) is 0.625. The molecule has 9 heterocycles. The minimum atomic E-state index is -2.89. The minimum absolute atomic E-state index is 0.0286. The van der Waals surface area contributed by atoms with E-state index in [0.29, 0.717) is 57.9 Å². The zero-order valence-electron chi connectivity index (χ0n) is 44.7. The predicted molar refractivity (Wildman–Crippen MR) is 281 cm³/mol. The van der Waals surface area contributed by atoms with Crippen molar-refractivity contribution in [3.63, 3.8) is 0 Å². The molecule has 6 aliphatic heterocycles. The Bertz CT molecular complexity index is 2810. The predicted octanol–water partition coefficient (Wildman–Crippen LogP) is 6.18. The molecule has 1 aliphatic carbocycles. The Balaban J connectivity index is 1.13. The van der Waals surface area contributed by atoms with Gasteiger partial charge in [0.1, 0.15) is 35.9 Å². The maximum absolute atomic E-state index is 14.9. The molecule has 8 bridgehead atoms. The zero-order chi connectivity index (χ0) is 53.4. The molecule has 2 N–H and O–H groups in total. The first kappa shape index (κ1) is 54.4. The van der Waals surface area contributed by atoms with Gasteiger partial charge in [0.15, 0.2) is 0 Å². The molecule has 17 nitrogen and oxygen atoms in total. The topological polar surface area (TPSA) is 171 Å². The van der Waals surface area contributed by atoms with Crippen LogP contribution in [0.1, 0.15) is 94.3 Å². The van der Waals surface area contributed by atoms with Gasteiger partial charge in [-0.25, -0.2) is 19.2 Å². The van der Waals surface area contributed by atoms with Crippen molar-refractivity contribution in [3.05, 3.63) is 57.7 Å². The summed E-state index contributed by atoms with van der Waals surface area (Å²) in [6.45, 7) is 15.6. The van der Waals surface area contributed by atoms with E-state index in [4.69, 9.17) is 38.4 Å². The summed E-state index contributed by atoms with van der Waals surface area (Å²) in [7, 11) is 3.82. The molecule has 0 radical (unpaired) electrons. The number of halogens is 2. The number of likely N-dealkylation sites (N-methyl/N-ethyl adjacent to an activating group) is 1. The summed E-state index contributed by atoms with van der Waals surface area (Å²) in [5, 5.41) is 7.14. The third kappa shape index (κ3) is 11.6. The van der Waals surface area contributed by atoms with E-state index in [0.717, 1.165) is 94.9 Å². The molecule has 20 heteroatoms. The number of aromatic nitrogens is 3. The molecule has 1 aromatic carbocycles. The number of methoxy groups -OCH3 is 1. The largest absolute Gasteiger partial charge is 0.464 e. The second-order valence-electron chi connectivity index (χ2n) is 22.3. The van der Waals surface area contributed by atoms with Crippen LogP contribution in [0.5, 0.6) is 0 Å². The lowest BCUT2D eigenvalue weighted by Gasteiger charge is -2.53. The molecule has 7 aliphatic rings. The lowest BCUT2D eigenvalue weighted by molar-refractivity contribution is -0.175. The van der Waals surface area contributed by atoms with Crippen LogP contribution in [0.4, 0.5) is 8.78 Å². The van der Waals surface area contributed by atoms with Crippen molar-refractivity contribution in [3.8, 4) is 34.4 Å². The number of carbonyl (C=O) groups is 3. The first-order valence-electron chi connectivity index (χ1n) is 26.9. The minimum Gasteiger partial charge on any atom is -0.464 e. The number of rotatable bonds is 13. The summed E-state index contributed by atoms with van der Waals surface area (Å²) < 4.78 is 66.8. The summed E-state index contributed by atoms with van der Waals surface area (Å²) in [5.74, 6) is 5.04.